The summed E-state index contributed by atoms with van der Waals surface area (Å²) in [6.45, 7) is 3.81. The third-order valence-electron chi connectivity index (χ3n) is 2.54. The summed E-state index contributed by atoms with van der Waals surface area (Å²) in [5.74, 6) is 0.764. The summed E-state index contributed by atoms with van der Waals surface area (Å²) in [5, 5.41) is 11.7. The first-order valence-corrected chi connectivity index (χ1v) is 7.83. The summed E-state index contributed by atoms with van der Waals surface area (Å²) < 4.78 is 11.8. The zero-order valence-electron chi connectivity index (χ0n) is 11.4. The topological polar surface area (TPSA) is 66.4 Å². The molecule has 1 unspecified atom stereocenters. The van der Waals surface area contributed by atoms with Crippen LogP contribution in [0.4, 0.5) is 0 Å². The lowest BCUT2D eigenvalue weighted by molar-refractivity contribution is -0.121. The Morgan fingerprint density at radius 1 is 1.26 bits per heavy atom. The van der Waals surface area contributed by atoms with Crippen molar-refractivity contribution >= 4 is 16.7 Å². The van der Waals surface area contributed by atoms with Crippen molar-refractivity contribution in [3.8, 4) is 0 Å². The van der Waals surface area contributed by atoms with Crippen molar-refractivity contribution in [3.63, 3.8) is 0 Å². The lowest BCUT2D eigenvalue weighted by Gasteiger charge is -2.08. The summed E-state index contributed by atoms with van der Waals surface area (Å²) in [7, 11) is -1.04. The van der Waals surface area contributed by atoms with Gasteiger partial charge in [0.15, 0.2) is 0 Å². The van der Waals surface area contributed by atoms with E-state index in [0.29, 0.717) is 17.9 Å². The van der Waals surface area contributed by atoms with Crippen LogP contribution in [0.25, 0.3) is 0 Å². The maximum atomic E-state index is 11.8. The van der Waals surface area contributed by atoms with Crippen molar-refractivity contribution < 1.29 is 14.1 Å². The van der Waals surface area contributed by atoms with E-state index in [1.54, 1.807) is 0 Å². The van der Waals surface area contributed by atoms with Gasteiger partial charge in [0, 0.05) is 34.8 Å². The van der Waals surface area contributed by atoms with Gasteiger partial charge in [0.2, 0.25) is 5.91 Å². The first-order valence-electron chi connectivity index (χ1n) is 6.34. The van der Waals surface area contributed by atoms with Gasteiger partial charge in [-0.1, -0.05) is 24.3 Å². The van der Waals surface area contributed by atoms with Crippen LogP contribution in [0.5, 0.6) is 0 Å². The van der Waals surface area contributed by atoms with Crippen LogP contribution >= 0.6 is 0 Å². The Morgan fingerprint density at radius 3 is 2.37 bits per heavy atom. The third kappa shape index (κ3) is 6.50. The molecule has 4 nitrogen and oxygen atoms in total. The molecule has 0 saturated carbocycles. The first-order chi connectivity index (χ1) is 9.01. The standard InChI is InChI=1S/C14H21NO3S/c1-11(2)15-14(17)7-8-19(18)10-13-5-3-12(9-16)4-6-13/h3-6,11,16H,7-10H2,1-2H3,(H,15,17). The van der Waals surface area contributed by atoms with Crippen LogP contribution in [-0.2, 0) is 28.0 Å². The van der Waals surface area contributed by atoms with Crippen LogP contribution < -0.4 is 5.32 Å². The third-order valence-corrected chi connectivity index (χ3v) is 3.85. The van der Waals surface area contributed by atoms with E-state index in [1.165, 1.54) is 0 Å². The second-order valence-corrected chi connectivity index (χ2v) is 6.31. The minimum atomic E-state index is -1.04. The van der Waals surface area contributed by atoms with Crippen LogP contribution in [0.15, 0.2) is 24.3 Å². The number of benzene rings is 1. The summed E-state index contributed by atoms with van der Waals surface area (Å²) >= 11 is 0. The van der Waals surface area contributed by atoms with E-state index < -0.39 is 10.8 Å². The summed E-state index contributed by atoms with van der Waals surface area (Å²) in [6.07, 6.45) is 0.291. The number of amides is 1. The van der Waals surface area contributed by atoms with Crippen LogP contribution in [0.3, 0.4) is 0 Å². The molecule has 106 valence electrons. The summed E-state index contributed by atoms with van der Waals surface area (Å²) in [4.78, 5) is 11.4. The fourth-order valence-electron chi connectivity index (χ4n) is 1.60. The maximum absolute atomic E-state index is 11.8. The SMILES string of the molecule is CC(C)NC(=O)CCS(=O)Cc1ccc(CO)cc1. The van der Waals surface area contributed by atoms with E-state index in [4.69, 9.17) is 5.11 Å². The predicted octanol–water partition coefficient (Wildman–Crippen LogP) is 1.34. The molecule has 0 aliphatic rings. The number of aliphatic hydroxyl groups excluding tert-OH is 1. The second kappa shape index (κ2) is 8.07. The van der Waals surface area contributed by atoms with Gasteiger partial charge < -0.3 is 10.4 Å². The number of rotatable bonds is 7. The maximum Gasteiger partial charge on any atom is 0.221 e. The molecule has 0 aliphatic carbocycles. The largest absolute Gasteiger partial charge is 0.392 e. The average molecular weight is 283 g/mol. The molecule has 0 aliphatic heterocycles. The molecule has 0 bridgehead atoms. The number of hydrogen-bond acceptors (Lipinski definition) is 3. The van der Waals surface area contributed by atoms with E-state index in [9.17, 15) is 9.00 Å². The molecule has 19 heavy (non-hydrogen) atoms. The van der Waals surface area contributed by atoms with Crippen molar-refractivity contribution in [1.29, 1.82) is 0 Å². The van der Waals surface area contributed by atoms with Crippen molar-refractivity contribution in [3.05, 3.63) is 35.4 Å². The number of aliphatic hydroxyl groups is 1. The minimum absolute atomic E-state index is 0.0126. The highest BCUT2D eigenvalue weighted by Gasteiger charge is 2.07. The molecule has 0 aromatic heterocycles. The Hall–Kier alpha value is -1.20. The van der Waals surface area contributed by atoms with Crippen LogP contribution in [0, 0.1) is 0 Å². The van der Waals surface area contributed by atoms with Gasteiger partial charge in [-0.25, -0.2) is 0 Å². The van der Waals surface area contributed by atoms with Crippen molar-refractivity contribution in [2.45, 2.75) is 38.7 Å². The van der Waals surface area contributed by atoms with E-state index in [1.807, 2.05) is 38.1 Å². The number of nitrogens with one attached hydrogen (secondary N) is 1. The quantitative estimate of drug-likeness (QED) is 0.793. The highest BCUT2D eigenvalue weighted by atomic mass is 32.2. The highest BCUT2D eigenvalue weighted by Crippen LogP contribution is 2.07. The van der Waals surface area contributed by atoms with Crippen LogP contribution in [0.2, 0.25) is 0 Å². The van der Waals surface area contributed by atoms with Gasteiger partial charge in [-0.05, 0) is 25.0 Å². The Labute approximate surface area is 116 Å². The fourth-order valence-corrected chi connectivity index (χ4v) is 2.72. The Kier molecular flexibility index (Phi) is 6.73. The fraction of sp³-hybridized carbons (Fsp3) is 0.500. The number of carbonyl (C=O) groups is 1. The highest BCUT2D eigenvalue weighted by molar-refractivity contribution is 7.84. The van der Waals surface area contributed by atoms with E-state index in [0.717, 1.165) is 11.1 Å². The summed E-state index contributed by atoms with van der Waals surface area (Å²) in [5.41, 5.74) is 1.80. The minimum Gasteiger partial charge on any atom is -0.392 e. The average Bonchev–Trinajstić information content (AvgIpc) is 2.36. The predicted molar refractivity (Wildman–Crippen MR) is 77.0 cm³/mol. The molecular formula is C14H21NO3S. The number of carbonyl (C=O) groups excluding carboxylic acids is 1. The molecule has 1 amide bonds. The molecule has 1 aromatic rings. The van der Waals surface area contributed by atoms with Gasteiger partial charge in [0.25, 0.3) is 0 Å². The van der Waals surface area contributed by atoms with Gasteiger partial charge in [-0.15, -0.1) is 0 Å². The molecule has 1 rings (SSSR count). The molecule has 0 radical (unpaired) electrons. The zero-order valence-corrected chi connectivity index (χ0v) is 12.2. The molecule has 0 saturated heterocycles. The molecule has 0 fully saturated rings. The van der Waals surface area contributed by atoms with Crippen molar-refractivity contribution in [1.82, 2.24) is 5.32 Å². The lowest BCUT2D eigenvalue weighted by Crippen LogP contribution is -2.30. The van der Waals surface area contributed by atoms with Crippen LogP contribution in [0.1, 0.15) is 31.4 Å². The van der Waals surface area contributed by atoms with Crippen LogP contribution in [-0.4, -0.2) is 27.0 Å². The van der Waals surface area contributed by atoms with Crippen molar-refractivity contribution in [2.24, 2.45) is 0 Å². The van der Waals surface area contributed by atoms with Gasteiger partial charge in [0.05, 0.1) is 6.61 Å². The van der Waals surface area contributed by atoms with Gasteiger partial charge in [-0.3, -0.25) is 9.00 Å². The smallest absolute Gasteiger partial charge is 0.221 e. The first kappa shape index (κ1) is 15.9. The number of hydrogen-bond donors (Lipinski definition) is 2. The zero-order chi connectivity index (χ0) is 14.3. The Bertz CT molecular complexity index is 429. The normalized spacial score (nSPS) is 12.4. The lowest BCUT2D eigenvalue weighted by atomic mass is 10.2. The Balaban J connectivity index is 2.36. The molecule has 0 spiro atoms. The van der Waals surface area contributed by atoms with Gasteiger partial charge in [0.1, 0.15) is 0 Å². The molecule has 5 heteroatoms. The van der Waals surface area contributed by atoms with Crippen molar-refractivity contribution in [2.75, 3.05) is 5.75 Å². The summed E-state index contributed by atoms with van der Waals surface area (Å²) in [6, 6.07) is 7.47. The van der Waals surface area contributed by atoms with Gasteiger partial charge >= 0.3 is 0 Å². The second-order valence-electron chi connectivity index (χ2n) is 4.74. The van der Waals surface area contributed by atoms with E-state index in [2.05, 4.69) is 5.32 Å². The molecule has 2 N–H and O–H groups in total. The van der Waals surface area contributed by atoms with E-state index >= 15 is 0 Å². The monoisotopic (exact) mass is 283 g/mol. The molecule has 0 heterocycles. The Morgan fingerprint density at radius 2 is 1.84 bits per heavy atom. The van der Waals surface area contributed by atoms with Gasteiger partial charge in [-0.2, -0.15) is 0 Å². The molecular weight excluding hydrogens is 262 g/mol. The molecule has 1 atom stereocenters. The van der Waals surface area contributed by atoms with E-state index in [-0.39, 0.29) is 18.6 Å². The molecule has 1 aromatic carbocycles.